The molecule has 0 bridgehead atoms. The van der Waals surface area contributed by atoms with Gasteiger partial charge in [-0.3, -0.25) is 0 Å². The van der Waals surface area contributed by atoms with Crippen LogP contribution in [0.3, 0.4) is 0 Å². The van der Waals surface area contributed by atoms with Crippen LogP contribution in [0.1, 0.15) is 11.5 Å². The van der Waals surface area contributed by atoms with Crippen molar-refractivity contribution in [3.63, 3.8) is 0 Å². The van der Waals surface area contributed by atoms with Gasteiger partial charge in [-0.25, -0.2) is 8.42 Å². The van der Waals surface area contributed by atoms with Crippen LogP contribution in [-0.2, 0) is 9.84 Å². The Hall–Kier alpha value is -1.76. The SMILES string of the molecule is N[C@H]1[C@H](c2ccc3c(c2)OCO3)[C@@H]1S(=O)(=O)c1ccc(Cl)cc1. The molecule has 2 aliphatic rings. The maximum Gasteiger partial charge on any atom is 0.231 e. The minimum absolute atomic E-state index is 0.183. The van der Waals surface area contributed by atoms with Crippen LogP contribution >= 0.6 is 11.6 Å². The Kier molecular flexibility index (Phi) is 3.30. The summed E-state index contributed by atoms with van der Waals surface area (Å²) in [6.45, 7) is 0.183. The zero-order valence-corrected chi connectivity index (χ0v) is 13.5. The van der Waals surface area contributed by atoms with E-state index in [4.69, 9.17) is 26.8 Å². The Balaban J connectivity index is 1.65. The highest BCUT2D eigenvalue weighted by Crippen LogP contribution is 2.49. The first-order chi connectivity index (χ1) is 11.0. The molecule has 7 heteroatoms. The summed E-state index contributed by atoms with van der Waals surface area (Å²) in [5, 5.41) is -0.139. The highest BCUT2D eigenvalue weighted by molar-refractivity contribution is 7.92. The smallest absolute Gasteiger partial charge is 0.231 e. The number of benzene rings is 2. The second-order valence-corrected chi connectivity index (χ2v) is 8.22. The first-order valence-corrected chi connectivity index (χ1v) is 9.05. The van der Waals surface area contributed by atoms with Gasteiger partial charge in [0.05, 0.1) is 10.1 Å². The van der Waals surface area contributed by atoms with E-state index in [1.54, 1.807) is 18.2 Å². The maximum atomic E-state index is 12.8. The molecule has 0 aromatic heterocycles. The van der Waals surface area contributed by atoms with Crippen molar-refractivity contribution < 1.29 is 17.9 Å². The normalized spacial score (nSPS) is 25.4. The molecule has 0 radical (unpaired) electrons. The van der Waals surface area contributed by atoms with E-state index >= 15 is 0 Å². The summed E-state index contributed by atoms with van der Waals surface area (Å²) >= 11 is 5.82. The van der Waals surface area contributed by atoms with Crippen LogP contribution in [0.4, 0.5) is 0 Å². The summed E-state index contributed by atoms with van der Waals surface area (Å²) in [6.07, 6.45) is 0. The standard InChI is InChI=1S/C16H14ClNO4S/c17-10-2-4-11(5-3-10)23(19,20)16-14(15(16)18)9-1-6-12-13(7-9)22-8-21-12/h1-7,14-16H,8,18H2/t14-,15-,16-/m0/s1. The van der Waals surface area contributed by atoms with Gasteiger partial charge in [-0.2, -0.15) is 0 Å². The molecule has 0 amide bonds. The molecular formula is C16H14ClNO4S. The molecule has 1 saturated carbocycles. The van der Waals surface area contributed by atoms with Gasteiger partial charge >= 0.3 is 0 Å². The van der Waals surface area contributed by atoms with Crippen molar-refractivity contribution in [1.29, 1.82) is 0 Å². The molecule has 1 aliphatic carbocycles. The van der Waals surface area contributed by atoms with Crippen molar-refractivity contribution in [2.24, 2.45) is 5.73 Å². The number of hydrogen-bond acceptors (Lipinski definition) is 5. The number of ether oxygens (including phenoxy) is 2. The highest BCUT2D eigenvalue weighted by Gasteiger charge is 2.57. The number of nitrogens with two attached hydrogens (primary N) is 1. The summed E-state index contributed by atoms with van der Waals surface area (Å²) < 4.78 is 36.1. The Morgan fingerprint density at radius 2 is 1.74 bits per heavy atom. The van der Waals surface area contributed by atoms with Crippen molar-refractivity contribution in [1.82, 2.24) is 0 Å². The highest BCUT2D eigenvalue weighted by atomic mass is 35.5. The van der Waals surface area contributed by atoms with Crippen molar-refractivity contribution in [2.75, 3.05) is 6.79 Å². The van der Waals surface area contributed by atoms with E-state index < -0.39 is 21.1 Å². The van der Waals surface area contributed by atoms with E-state index in [0.29, 0.717) is 16.5 Å². The molecule has 3 atom stereocenters. The van der Waals surface area contributed by atoms with E-state index in [0.717, 1.165) is 5.56 Å². The second-order valence-electron chi connectivity index (χ2n) is 5.68. The average Bonchev–Trinajstić information content (AvgIpc) is 3.01. The minimum Gasteiger partial charge on any atom is -0.454 e. The maximum absolute atomic E-state index is 12.8. The van der Waals surface area contributed by atoms with Crippen LogP contribution in [-0.4, -0.2) is 26.5 Å². The fourth-order valence-electron chi connectivity index (χ4n) is 3.02. The van der Waals surface area contributed by atoms with Crippen LogP contribution in [0.15, 0.2) is 47.4 Å². The van der Waals surface area contributed by atoms with E-state index in [9.17, 15) is 8.42 Å². The van der Waals surface area contributed by atoms with Crippen molar-refractivity contribution in [3.8, 4) is 11.5 Å². The van der Waals surface area contributed by atoms with Gasteiger partial charge in [0.15, 0.2) is 21.3 Å². The van der Waals surface area contributed by atoms with Gasteiger partial charge in [-0.05, 0) is 42.0 Å². The molecule has 0 spiro atoms. The fourth-order valence-corrected chi connectivity index (χ4v) is 5.19. The molecular weight excluding hydrogens is 338 g/mol. The van der Waals surface area contributed by atoms with Gasteiger partial charge in [-0.1, -0.05) is 17.7 Å². The lowest BCUT2D eigenvalue weighted by molar-refractivity contribution is 0.174. The first-order valence-electron chi connectivity index (χ1n) is 7.13. The van der Waals surface area contributed by atoms with Gasteiger partial charge in [0.2, 0.25) is 6.79 Å². The van der Waals surface area contributed by atoms with Crippen molar-refractivity contribution >= 4 is 21.4 Å². The molecule has 120 valence electrons. The Morgan fingerprint density at radius 3 is 2.48 bits per heavy atom. The molecule has 2 aromatic rings. The molecule has 0 saturated heterocycles. The Labute approximate surface area is 138 Å². The van der Waals surface area contributed by atoms with E-state index in [2.05, 4.69) is 0 Å². The molecule has 2 N–H and O–H groups in total. The van der Waals surface area contributed by atoms with Gasteiger partial charge in [-0.15, -0.1) is 0 Å². The summed E-state index contributed by atoms with van der Waals surface area (Å²) in [5.74, 6) is 1.05. The molecule has 1 aliphatic heterocycles. The van der Waals surface area contributed by atoms with E-state index in [1.807, 2.05) is 12.1 Å². The molecule has 2 aromatic carbocycles. The zero-order valence-electron chi connectivity index (χ0n) is 12.0. The summed E-state index contributed by atoms with van der Waals surface area (Å²) in [5.41, 5.74) is 6.92. The van der Waals surface area contributed by atoms with E-state index in [1.165, 1.54) is 12.1 Å². The molecule has 0 unspecified atom stereocenters. The molecule has 4 rings (SSSR count). The first kappa shape index (κ1) is 14.8. The van der Waals surface area contributed by atoms with Crippen LogP contribution in [0.25, 0.3) is 0 Å². The Morgan fingerprint density at radius 1 is 1.04 bits per heavy atom. The van der Waals surface area contributed by atoms with Crippen LogP contribution in [0.5, 0.6) is 11.5 Å². The lowest BCUT2D eigenvalue weighted by Gasteiger charge is -2.05. The third kappa shape index (κ3) is 2.38. The fraction of sp³-hybridized carbons (Fsp3) is 0.250. The number of rotatable bonds is 3. The average molecular weight is 352 g/mol. The van der Waals surface area contributed by atoms with Gasteiger partial charge in [0, 0.05) is 17.0 Å². The third-order valence-corrected chi connectivity index (χ3v) is 6.79. The predicted molar refractivity (Wildman–Crippen MR) is 85.7 cm³/mol. The third-order valence-electron chi connectivity index (χ3n) is 4.29. The van der Waals surface area contributed by atoms with Crippen LogP contribution in [0.2, 0.25) is 5.02 Å². The number of fused-ring (bicyclic) bond motifs is 1. The summed E-state index contributed by atoms with van der Waals surface area (Å²) in [6, 6.07) is 11.2. The monoisotopic (exact) mass is 351 g/mol. The summed E-state index contributed by atoms with van der Waals surface area (Å²) in [7, 11) is -3.50. The van der Waals surface area contributed by atoms with Crippen LogP contribution in [0, 0.1) is 0 Å². The van der Waals surface area contributed by atoms with Gasteiger partial charge < -0.3 is 15.2 Å². The number of hydrogen-bond donors (Lipinski definition) is 1. The van der Waals surface area contributed by atoms with Crippen LogP contribution < -0.4 is 15.2 Å². The van der Waals surface area contributed by atoms with E-state index in [-0.39, 0.29) is 17.6 Å². The molecule has 1 fully saturated rings. The molecule has 23 heavy (non-hydrogen) atoms. The lowest BCUT2D eigenvalue weighted by Crippen LogP contribution is -2.15. The van der Waals surface area contributed by atoms with Gasteiger partial charge in [0.1, 0.15) is 0 Å². The lowest BCUT2D eigenvalue weighted by atomic mass is 10.1. The largest absolute Gasteiger partial charge is 0.454 e. The number of halogens is 1. The Bertz CT molecular complexity index is 866. The number of sulfone groups is 1. The van der Waals surface area contributed by atoms with Crippen molar-refractivity contribution in [3.05, 3.63) is 53.1 Å². The second kappa shape index (κ2) is 5.12. The molecule has 1 heterocycles. The minimum atomic E-state index is -3.50. The van der Waals surface area contributed by atoms with Crippen molar-refractivity contribution in [2.45, 2.75) is 22.1 Å². The van der Waals surface area contributed by atoms with Gasteiger partial charge in [0.25, 0.3) is 0 Å². The summed E-state index contributed by atoms with van der Waals surface area (Å²) in [4.78, 5) is 0.241. The predicted octanol–water partition coefficient (Wildman–Crippen LogP) is 2.34. The topological polar surface area (TPSA) is 78.6 Å². The quantitative estimate of drug-likeness (QED) is 0.918. The zero-order chi connectivity index (χ0) is 16.2. The molecule has 5 nitrogen and oxygen atoms in total.